The Balaban J connectivity index is 2.03. The summed E-state index contributed by atoms with van der Waals surface area (Å²) >= 11 is 0. The molecule has 1 aromatic carbocycles. The highest BCUT2D eigenvalue weighted by Crippen LogP contribution is 2.44. The minimum atomic E-state index is -1.27. The summed E-state index contributed by atoms with van der Waals surface area (Å²) in [5, 5.41) is 80.3. The molecule has 1 aromatic rings. The number of benzene rings is 1. The predicted molar refractivity (Wildman–Crippen MR) is 151 cm³/mol. The molecule has 0 spiro atoms. The highest BCUT2D eigenvalue weighted by molar-refractivity contribution is 5.47. The van der Waals surface area contributed by atoms with E-state index < -0.39 is 35.4 Å². The molecule has 0 amide bonds. The molecule has 0 saturated carbocycles. The van der Waals surface area contributed by atoms with E-state index >= 15 is 0 Å². The van der Waals surface area contributed by atoms with E-state index in [-0.39, 0.29) is 36.1 Å². The van der Waals surface area contributed by atoms with Gasteiger partial charge < -0.3 is 40.9 Å². The first-order valence-electron chi connectivity index (χ1n) is 12.2. The number of allylic oxidation sites excluding steroid dienone is 10. The number of aliphatic hydroxyl groups is 8. The molecule has 206 valence electrons. The van der Waals surface area contributed by atoms with Crippen molar-refractivity contribution in [2.45, 2.75) is 24.4 Å². The van der Waals surface area contributed by atoms with Gasteiger partial charge in [0.05, 0.1) is 6.61 Å². The van der Waals surface area contributed by atoms with Crippen LogP contribution in [-0.2, 0) is 0 Å². The number of rotatable bonds is 10. The molecule has 0 radical (unpaired) electrons. The second-order valence-electron chi connectivity index (χ2n) is 9.13. The van der Waals surface area contributed by atoms with Crippen LogP contribution in [0, 0.1) is 30.6 Å². The normalized spacial score (nSPS) is 21.5. The topological polar surface area (TPSA) is 162 Å². The van der Waals surface area contributed by atoms with E-state index in [9.17, 15) is 40.9 Å². The molecular weight excluding hydrogens is 512 g/mol. The molecule has 8 nitrogen and oxygen atoms in total. The highest BCUT2D eigenvalue weighted by atomic mass is 16.3. The third-order valence-corrected chi connectivity index (χ3v) is 6.76. The van der Waals surface area contributed by atoms with Crippen molar-refractivity contribution < 1.29 is 40.9 Å². The van der Waals surface area contributed by atoms with E-state index in [1.54, 1.807) is 42.5 Å². The maximum Gasteiger partial charge on any atom is 0.209 e. The van der Waals surface area contributed by atoms with Crippen LogP contribution in [0.1, 0.15) is 29.4 Å². The molecule has 0 saturated heterocycles. The predicted octanol–water partition coefficient (Wildman–Crippen LogP) is 5.01. The summed E-state index contributed by atoms with van der Waals surface area (Å²) in [5.41, 5.74) is 2.30. The van der Waals surface area contributed by atoms with Crippen LogP contribution in [0.15, 0.2) is 119 Å². The molecule has 0 bridgehead atoms. The van der Waals surface area contributed by atoms with Gasteiger partial charge in [-0.1, -0.05) is 48.6 Å². The first-order valence-corrected chi connectivity index (χ1v) is 12.2. The van der Waals surface area contributed by atoms with Crippen molar-refractivity contribution in [2.24, 2.45) is 5.92 Å². The Kier molecular flexibility index (Phi) is 9.72. The molecular formula is C32H30O8. The zero-order chi connectivity index (χ0) is 29.4. The maximum absolute atomic E-state index is 10.6. The van der Waals surface area contributed by atoms with Crippen LogP contribution in [0.25, 0.3) is 0 Å². The molecule has 0 aliphatic heterocycles. The van der Waals surface area contributed by atoms with E-state index in [1.807, 2.05) is 5.92 Å². The van der Waals surface area contributed by atoms with Gasteiger partial charge in [0.25, 0.3) is 0 Å². The summed E-state index contributed by atoms with van der Waals surface area (Å²) in [5.74, 6) is -0.00246. The Morgan fingerprint density at radius 1 is 0.950 bits per heavy atom. The largest absolute Gasteiger partial charge is 0.509 e. The van der Waals surface area contributed by atoms with E-state index in [0.717, 1.165) is 5.56 Å². The number of hydrogen-bond acceptors (Lipinski definition) is 8. The van der Waals surface area contributed by atoms with Gasteiger partial charge in [-0.15, -0.1) is 12.8 Å². The van der Waals surface area contributed by atoms with Gasteiger partial charge in [-0.05, 0) is 64.8 Å². The maximum atomic E-state index is 10.6. The van der Waals surface area contributed by atoms with Gasteiger partial charge in [0.1, 0.15) is 17.6 Å². The van der Waals surface area contributed by atoms with Crippen LogP contribution in [0.5, 0.6) is 0 Å². The van der Waals surface area contributed by atoms with Gasteiger partial charge in [-0.3, -0.25) is 0 Å². The zero-order valence-electron chi connectivity index (χ0n) is 21.4. The minimum Gasteiger partial charge on any atom is -0.509 e. The second kappa shape index (κ2) is 13.2. The van der Waals surface area contributed by atoms with Crippen molar-refractivity contribution in [3.05, 3.63) is 130 Å². The lowest BCUT2D eigenvalue weighted by Crippen LogP contribution is -2.22. The van der Waals surface area contributed by atoms with Crippen LogP contribution in [0.2, 0.25) is 0 Å². The second-order valence-corrected chi connectivity index (χ2v) is 9.13. The number of hydrogen-bond donors (Lipinski definition) is 8. The molecule has 0 aromatic heterocycles. The first kappa shape index (κ1) is 29.5. The van der Waals surface area contributed by atoms with Gasteiger partial charge in [-0.2, -0.15) is 0 Å². The summed E-state index contributed by atoms with van der Waals surface area (Å²) in [6, 6.07) is 7.08. The quantitative estimate of drug-likeness (QED) is 0.116. The molecule has 2 aliphatic rings. The molecule has 8 N–H and O–H groups in total. The van der Waals surface area contributed by atoms with E-state index in [1.165, 1.54) is 30.4 Å². The van der Waals surface area contributed by atoms with Gasteiger partial charge >= 0.3 is 0 Å². The molecule has 3 rings (SSSR count). The third-order valence-electron chi connectivity index (χ3n) is 6.76. The lowest BCUT2D eigenvalue weighted by molar-refractivity contribution is 0.177. The zero-order valence-corrected chi connectivity index (χ0v) is 21.4. The molecule has 4 unspecified atom stereocenters. The fraction of sp³-hybridized carbons (Fsp3) is 0.188. The van der Waals surface area contributed by atoms with Crippen molar-refractivity contribution in [1.82, 2.24) is 0 Å². The smallest absolute Gasteiger partial charge is 0.209 e. The first-order chi connectivity index (χ1) is 19.1. The standard InChI is InChI=1S/C32H30O8/c1-3-22(34)13-12-21(18-33)23(6-5-7-27(36)26(35)4-2)19-8-10-20(11-9-19)30(24-14-16-28(37)31(24)39)25-15-17-29(38)32(25)40/h1-2,5,7-17,23-24,30,32-40H,6,18H2/b7-5-,21-12+,22-13+,27-26-. The van der Waals surface area contributed by atoms with Crippen LogP contribution in [0.4, 0.5) is 0 Å². The van der Waals surface area contributed by atoms with Gasteiger partial charge in [0.2, 0.25) is 5.76 Å². The third kappa shape index (κ3) is 6.51. The summed E-state index contributed by atoms with van der Waals surface area (Å²) < 4.78 is 0. The van der Waals surface area contributed by atoms with Crippen LogP contribution >= 0.6 is 0 Å². The summed E-state index contributed by atoms with van der Waals surface area (Å²) in [6.45, 7) is -0.385. The van der Waals surface area contributed by atoms with Crippen molar-refractivity contribution in [3.8, 4) is 24.7 Å². The van der Waals surface area contributed by atoms with E-state index in [0.29, 0.717) is 16.7 Å². The van der Waals surface area contributed by atoms with Crippen molar-refractivity contribution in [2.75, 3.05) is 6.61 Å². The van der Waals surface area contributed by atoms with Gasteiger partial charge in [-0.25, -0.2) is 0 Å². The van der Waals surface area contributed by atoms with E-state index in [4.69, 9.17) is 12.8 Å². The van der Waals surface area contributed by atoms with E-state index in [2.05, 4.69) is 5.92 Å². The lowest BCUT2D eigenvalue weighted by Gasteiger charge is -2.27. The fourth-order valence-electron chi connectivity index (χ4n) is 4.65. The van der Waals surface area contributed by atoms with Crippen molar-refractivity contribution in [3.63, 3.8) is 0 Å². The van der Waals surface area contributed by atoms with Crippen LogP contribution in [0.3, 0.4) is 0 Å². The molecule has 8 heteroatoms. The summed E-state index contributed by atoms with van der Waals surface area (Å²) in [4.78, 5) is 0. The Labute approximate surface area is 232 Å². The summed E-state index contributed by atoms with van der Waals surface area (Å²) in [6.07, 6.45) is 20.8. The number of aliphatic hydroxyl groups excluding tert-OH is 8. The Morgan fingerprint density at radius 3 is 2.15 bits per heavy atom. The van der Waals surface area contributed by atoms with Crippen LogP contribution < -0.4 is 0 Å². The molecule has 40 heavy (non-hydrogen) atoms. The monoisotopic (exact) mass is 542 g/mol. The van der Waals surface area contributed by atoms with Crippen molar-refractivity contribution in [1.29, 1.82) is 0 Å². The Hall–Kier alpha value is -5.02. The van der Waals surface area contributed by atoms with Crippen LogP contribution in [-0.4, -0.2) is 53.6 Å². The summed E-state index contributed by atoms with van der Waals surface area (Å²) in [7, 11) is 0. The molecule has 2 aliphatic carbocycles. The Morgan fingerprint density at radius 2 is 1.62 bits per heavy atom. The highest BCUT2D eigenvalue weighted by Gasteiger charge is 2.37. The molecule has 0 fully saturated rings. The fourth-order valence-corrected chi connectivity index (χ4v) is 4.65. The average molecular weight is 543 g/mol. The number of terminal acetylenes is 2. The van der Waals surface area contributed by atoms with Gasteiger partial charge in [0, 0.05) is 17.8 Å². The van der Waals surface area contributed by atoms with Crippen molar-refractivity contribution >= 4 is 0 Å². The molecule has 4 atom stereocenters. The molecule has 0 heterocycles. The SMILES string of the molecule is C#C/C(O)=C(O)\C=C/CC(/C(=C/C=C(/O)C#C)CO)c1ccc(C(C2=CC=C(O)C2O)C2C=CC(O)=C2O)cc1. The van der Waals surface area contributed by atoms with Gasteiger partial charge in [0.15, 0.2) is 17.3 Å². The minimum absolute atomic E-state index is 0.229. The lowest BCUT2D eigenvalue weighted by atomic mass is 9.78. The average Bonchev–Trinajstić information content (AvgIpc) is 3.47. The Bertz CT molecular complexity index is 1450.